The molecule has 0 fully saturated rings. The first kappa shape index (κ1) is 8.14. The van der Waals surface area contributed by atoms with Gasteiger partial charge in [0.25, 0.3) is 0 Å². The van der Waals surface area contributed by atoms with E-state index in [1.54, 1.807) is 11.8 Å². The molecule has 1 rings (SSSR count). The molecule has 0 aromatic carbocycles. The number of nitrogens with zero attached hydrogens (tertiary/aromatic N) is 2. The Morgan fingerprint density at radius 1 is 1.60 bits per heavy atom. The van der Waals surface area contributed by atoms with Crippen LogP contribution in [0.3, 0.4) is 0 Å². The van der Waals surface area contributed by atoms with Gasteiger partial charge in [-0.05, 0) is 29.1 Å². The third-order valence-corrected chi connectivity index (χ3v) is 3.07. The summed E-state index contributed by atoms with van der Waals surface area (Å²) in [7, 11) is 1.95. The van der Waals surface area contributed by atoms with Crippen LogP contribution in [0.1, 0.15) is 5.56 Å². The van der Waals surface area contributed by atoms with Crippen LogP contribution >= 0.6 is 27.7 Å². The van der Waals surface area contributed by atoms with Crippen molar-refractivity contribution in [3.8, 4) is 0 Å². The monoisotopic (exact) mass is 220 g/mol. The second-order valence-corrected chi connectivity index (χ2v) is 3.59. The molecule has 0 unspecified atom stereocenters. The average Bonchev–Trinajstić information content (AvgIpc) is 2.09. The van der Waals surface area contributed by atoms with Crippen LogP contribution in [0.4, 0.5) is 0 Å². The van der Waals surface area contributed by atoms with Crippen molar-refractivity contribution in [1.82, 2.24) is 9.78 Å². The van der Waals surface area contributed by atoms with Crippen LogP contribution in [-0.2, 0) is 7.05 Å². The van der Waals surface area contributed by atoms with E-state index < -0.39 is 0 Å². The number of halogens is 1. The maximum atomic E-state index is 4.19. The van der Waals surface area contributed by atoms with Gasteiger partial charge in [-0.15, -0.1) is 11.8 Å². The van der Waals surface area contributed by atoms with E-state index in [1.807, 2.05) is 11.7 Å². The lowest BCUT2D eigenvalue weighted by molar-refractivity contribution is 0.693. The predicted octanol–water partition coefficient (Wildman–Crippen LogP) is 2.21. The van der Waals surface area contributed by atoms with Crippen molar-refractivity contribution in [3.05, 3.63) is 10.2 Å². The van der Waals surface area contributed by atoms with Crippen LogP contribution < -0.4 is 0 Å². The second-order valence-electron chi connectivity index (χ2n) is 2.05. The number of hydrogen-bond acceptors (Lipinski definition) is 2. The van der Waals surface area contributed by atoms with Crippen LogP contribution in [0.25, 0.3) is 0 Å². The third-order valence-electron chi connectivity index (χ3n) is 1.36. The number of aryl methyl sites for hydroxylation is 1. The normalized spacial score (nSPS) is 10.4. The second kappa shape index (κ2) is 2.96. The molecular formula is C6H9BrN2S. The Bertz CT molecular complexity index is 244. The first-order chi connectivity index (χ1) is 4.66. The quantitative estimate of drug-likeness (QED) is 0.676. The van der Waals surface area contributed by atoms with Gasteiger partial charge >= 0.3 is 0 Å². The van der Waals surface area contributed by atoms with Gasteiger partial charge in [-0.25, -0.2) is 0 Å². The minimum atomic E-state index is 0.944. The van der Waals surface area contributed by atoms with Gasteiger partial charge in [0.15, 0.2) is 0 Å². The molecular weight excluding hydrogens is 212 g/mol. The van der Waals surface area contributed by atoms with E-state index in [0.717, 1.165) is 4.60 Å². The van der Waals surface area contributed by atoms with Crippen molar-refractivity contribution >= 4 is 27.7 Å². The van der Waals surface area contributed by atoms with Crippen molar-refractivity contribution in [3.63, 3.8) is 0 Å². The standard InChI is InChI=1S/C6H9BrN2S/c1-4-5(7)8-9(2)6(4)10-3/h1-3H3. The van der Waals surface area contributed by atoms with Gasteiger partial charge in [0.1, 0.15) is 4.60 Å². The average molecular weight is 221 g/mol. The molecule has 1 aromatic heterocycles. The molecule has 0 saturated heterocycles. The van der Waals surface area contributed by atoms with Crippen LogP contribution in [-0.4, -0.2) is 16.0 Å². The lowest BCUT2D eigenvalue weighted by Gasteiger charge is -1.95. The minimum absolute atomic E-state index is 0.944. The van der Waals surface area contributed by atoms with Gasteiger partial charge in [-0.1, -0.05) is 0 Å². The summed E-state index contributed by atoms with van der Waals surface area (Å²) in [4.78, 5) is 0. The molecule has 2 nitrogen and oxygen atoms in total. The molecule has 0 amide bonds. The molecule has 0 radical (unpaired) electrons. The van der Waals surface area contributed by atoms with E-state index in [2.05, 4.69) is 34.2 Å². The van der Waals surface area contributed by atoms with Crippen molar-refractivity contribution < 1.29 is 0 Å². The Labute approximate surface area is 73.1 Å². The van der Waals surface area contributed by atoms with E-state index in [-0.39, 0.29) is 0 Å². The molecule has 1 heterocycles. The zero-order valence-corrected chi connectivity index (χ0v) is 8.58. The fourth-order valence-electron chi connectivity index (χ4n) is 0.868. The first-order valence-corrected chi connectivity index (χ1v) is 4.91. The third kappa shape index (κ3) is 1.22. The molecule has 0 spiro atoms. The van der Waals surface area contributed by atoms with Crippen molar-refractivity contribution in [2.45, 2.75) is 11.9 Å². The van der Waals surface area contributed by atoms with E-state index in [4.69, 9.17) is 0 Å². The molecule has 4 heteroatoms. The zero-order valence-electron chi connectivity index (χ0n) is 6.18. The summed E-state index contributed by atoms with van der Waals surface area (Å²) in [5.41, 5.74) is 1.22. The topological polar surface area (TPSA) is 17.8 Å². The SMILES string of the molecule is CSc1c(C)c(Br)nn1C. The Balaban J connectivity index is 3.20. The lowest BCUT2D eigenvalue weighted by atomic mass is 10.4. The summed E-state index contributed by atoms with van der Waals surface area (Å²) in [6.07, 6.45) is 2.05. The van der Waals surface area contributed by atoms with Gasteiger partial charge in [-0.2, -0.15) is 5.10 Å². The minimum Gasteiger partial charge on any atom is -0.261 e. The molecule has 10 heavy (non-hydrogen) atoms. The maximum Gasteiger partial charge on any atom is 0.132 e. The number of thioether (sulfide) groups is 1. The molecule has 1 aromatic rings. The fraction of sp³-hybridized carbons (Fsp3) is 0.500. The van der Waals surface area contributed by atoms with Gasteiger partial charge in [-0.3, -0.25) is 4.68 Å². The number of hydrogen-bond donors (Lipinski definition) is 0. The highest BCUT2D eigenvalue weighted by atomic mass is 79.9. The first-order valence-electron chi connectivity index (χ1n) is 2.90. The van der Waals surface area contributed by atoms with Crippen LogP contribution in [0.5, 0.6) is 0 Å². The van der Waals surface area contributed by atoms with E-state index in [1.165, 1.54) is 10.6 Å². The molecule has 0 aliphatic rings. The predicted molar refractivity (Wildman–Crippen MR) is 47.4 cm³/mol. The van der Waals surface area contributed by atoms with E-state index in [0.29, 0.717) is 0 Å². The molecule has 0 atom stereocenters. The number of aromatic nitrogens is 2. The van der Waals surface area contributed by atoms with Crippen molar-refractivity contribution in [2.75, 3.05) is 6.26 Å². The summed E-state index contributed by atoms with van der Waals surface area (Å²) in [5, 5.41) is 5.41. The molecule has 0 N–H and O–H groups in total. The highest BCUT2D eigenvalue weighted by Crippen LogP contribution is 2.24. The van der Waals surface area contributed by atoms with Crippen LogP contribution in [0.15, 0.2) is 9.63 Å². The summed E-state index contributed by atoms with van der Waals surface area (Å²) >= 11 is 5.08. The Hall–Kier alpha value is 0.0400. The fourth-order valence-corrected chi connectivity index (χ4v) is 2.13. The smallest absolute Gasteiger partial charge is 0.132 e. The maximum absolute atomic E-state index is 4.19. The molecule has 56 valence electrons. The van der Waals surface area contributed by atoms with E-state index >= 15 is 0 Å². The zero-order chi connectivity index (χ0) is 7.72. The summed E-state index contributed by atoms with van der Waals surface area (Å²) in [6, 6.07) is 0. The van der Waals surface area contributed by atoms with Crippen LogP contribution in [0.2, 0.25) is 0 Å². The highest BCUT2D eigenvalue weighted by Gasteiger charge is 2.07. The Kier molecular flexibility index (Phi) is 2.41. The Morgan fingerprint density at radius 2 is 2.20 bits per heavy atom. The van der Waals surface area contributed by atoms with Crippen molar-refractivity contribution in [2.24, 2.45) is 7.05 Å². The van der Waals surface area contributed by atoms with Gasteiger partial charge < -0.3 is 0 Å². The largest absolute Gasteiger partial charge is 0.261 e. The summed E-state index contributed by atoms with van der Waals surface area (Å²) in [6.45, 7) is 2.06. The Morgan fingerprint density at radius 3 is 2.40 bits per heavy atom. The molecule has 0 aliphatic carbocycles. The van der Waals surface area contributed by atoms with Crippen LogP contribution in [0, 0.1) is 6.92 Å². The lowest BCUT2D eigenvalue weighted by Crippen LogP contribution is -1.91. The molecule has 0 bridgehead atoms. The van der Waals surface area contributed by atoms with Crippen molar-refractivity contribution in [1.29, 1.82) is 0 Å². The van der Waals surface area contributed by atoms with Gasteiger partial charge in [0, 0.05) is 12.6 Å². The van der Waals surface area contributed by atoms with Gasteiger partial charge in [0.2, 0.25) is 0 Å². The highest BCUT2D eigenvalue weighted by molar-refractivity contribution is 9.10. The molecule has 0 saturated carbocycles. The summed E-state index contributed by atoms with van der Waals surface area (Å²) < 4.78 is 2.82. The van der Waals surface area contributed by atoms with Gasteiger partial charge in [0.05, 0.1) is 5.03 Å². The molecule has 0 aliphatic heterocycles. The summed E-state index contributed by atoms with van der Waals surface area (Å²) in [5.74, 6) is 0. The van der Waals surface area contributed by atoms with E-state index in [9.17, 15) is 0 Å². The number of rotatable bonds is 1.